The van der Waals surface area contributed by atoms with E-state index in [1.165, 1.54) is 49.9 Å². The Labute approximate surface area is 141 Å². The summed E-state index contributed by atoms with van der Waals surface area (Å²) in [7, 11) is 1.52. The van der Waals surface area contributed by atoms with Crippen LogP contribution < -0.4 is 16.6 Å². The molecular formula is C17H26N4O3. The summed E-state index contributed by atoms with van der Waals surface area (Å²) in [5.41, 5.74) is -1.13. The van der Waals surface area contributed by atoms with Crippen molar-refractivity contribution in [2.24, 2.45) is 7.05 Å². The number of nitrogens with zero attached hydrogens (tertiary/aromatic N) is 2. The predicted molar refractivity (Wildman–Crippen MR) is 91.3 cm³/mol. The smallest absolute Gasteiger partial charge is 0.328 e. The fraction of sp³-hybridized carbons (Fsp3) is 0.706. The highest BCUT2D eigenvalue weighted by atomic mass is 16.2. The molecule has 1 saturated carbocycles. The first-order chi connectivity index (χ1) is 11.5. The Bertz CT molecular complexity index is 709. The van der Waals surface area contributed by atoms with Crippen LogP contribution in [0.2, 0.25) is 0 Å². The van der Waals surface area contributed by atoms with Crippen LogP contribution >= 0.6 is 0 Å². The number of amides is 1. The molecule has 1 aromatic rings. The Hall–Kier alpha value is -1.89. The van der Waals surface area contributed by atoms with Crippen LogP contribution in [-0.4, -0.2) is 45.5 Å². The van der Waals surface area contributed by atoms with E-state index < -0.39 is 17.2 Å². The predicted octanol–water partition coefficient (Wildman–Crippen LogP) is 0.602. The number of aromatic amines is 1. The minimum atomic E-state index is -0.630. The lowest BCUT2D eigenvalue weighted by molar-refractivity contribution is 0.0651. The number of hydrogen-bond acceptors (Lipinski definition) is 4. The van der Waals surface area contributed by atoms with Gasteiger partial charge < -0.3 is 9.88 Å². The number of hydrogen-bond donors (Lipinski definition) is 2. The maximum atomic E-state index is 12.5. The molecule has 7 heteroatoms. The molecule has 2 N–H and O–H groups in total. The molecular weight excluding hydrogens is 308 g/mol. The molecule has 2 fully saturated rings. The Morgan fingerprint density at radius 1 is 1.17 bits per heavy atom. The third kappa shape index (κ3) is 3.31. The number of aryl methyl sites for hydroxylation is 1. The van der Waals surface area contributed by atoms with Gasteiger partial charge in [0.25, 0.3) is 11.5 Å². The van der Waals surface area contributed by atoms with Gasteiger partial charge in [-0.2, -0.15) is 0 Å². The summed E-state index contributed by atoms with van der Waals surface area (Å²) in [6.45, 7) is 2.75. The summed E-state index contributed by atoms with van der Waals surface area (Å²) >= 11 is 0. The number of rotatable bonds is 4. The van der Waals surface area contributed by atoms with E-state index in [-0.39, 0.29) is 11.1 Å². The van der Waals surface area contributed by atoms with E-state index in [0.29, 0.717) is 6.54 Å². The maximum Gasteiger partial charge on any atom is 0.328 e. The first-order valence-corrected chi connectivity index (χ1v) is 8.85. The van der Waals surface area contributed by atoms with Crippen LogP contribution in [0.25, 0.3) is 0 Å². The standard InChI is InChI=1S/C17H26N4O3/c1-20-11-13(15(23)19-16(20)24)14(22)18-12-17(7-3-2-4-8-17)21-9-5-6-10-21/h11H,2-10,12H2,1H3,(H,18,22)(H,19,23,24). The van der Waals surface area contributed by atoms with Gasteiger partial charge in [-0.3, -0.25) is 19.5 Å². The van der Waals surface area contributed by atoms with E-state index in [0.717, 1.165) is 25.9 Å². The number of likely N-dealkylation sites (tertiary alicyclic amines) is 1. The fourth-order valence-corrected chi connectivity index (χ4v) is 4.07. The summed E-state index contributed by atoms with van der Waals surface area (Å²) in [5.74, 6) is -0.406. The van der Waals surface area contributed by atoms with Crippen LogP contribution in [0, 0.1) is 0 Å². The Balaban J connectivity index is 1.75. The van der Waals surface area contributed by atoms with Gasteiger partial charge in [-0.1, -0.05) is 19.3 Å². The number of H-pyrrole nitrogens is 1. The molecule has 24 heavy (non-hydrogen) atoms. The third-order valence-electron chi connectivity index (χ3n) is 5.49. The molecule has 2 aliphatic rings. The molecule has 3 rings (SSSR count). The van der Waals surface area contributed by atoms with E-state index >= 15 is 0 Å². The lowest BCUT2D eigenvalue weighted by atomic mass is 9.80. The third-order valence-corrected chi connectivity index (χ3v) is 5.49. The number of nitrogens with one attached hydrogen (secondary N) is 2. The molecule has 1 saturated heterocycles. The summed E-state index contributed by atoms with van der Waals surface area (Å²) in [4.78, 5) is 40.5. The molecule has 7 nitrogen and oxygen atoms in total. The molecule has 2 heterocycles. The van der Waals surface area contributed by atoms with Gasteiger partial charge in [-0.05, 0) is 38.8 Å². The van der Waals surface area contributed by atoms with Gasteiger partial charge >= 0.3 is 5.69 Å². The lowest BCUT2D eigenvalue weighted by Gasteiger charge is -2.45. The van der Waals surface area contributed by atoms with Crippen LogP contribution in [0.5, 0.6) is 0 Å². The zero-order valence-electron chi connectivity index (χ0n) is 14.3. The number of carbonyl (C=O) groups excluding carboxylic acids is 1. The van der Waals surface area contributed by atoms with Gasteiger partial charge in [-0.25, -0.2) is 4.79 Å². The molecule has 0 atom stereocenters. The first kappa shape index (κ1) is 17.0. The first-order valence-electron chi connectivity index (χ1n) is 8.85. The highest BCUT2D eigenvalue weighted by Crippen LogP contribution is 2.35. The molecule has 0 radical (unpaired) electrons. The molecule has 0 aromatic carbocycles. The Morgan fingerprint density at radius 3 is 2.50 bits per heavy atom. The SMILES string of the molecule is Cn1cc(C(=O)NCC2(N3CCCC3)CCCCC2)c(=O)[nH]c1=O. The molecule has 1 amide bonds. The summed E-state index contributed by atoms with van der Waals surface area (Å²) in [6.07, 6.45) is 9.56. The summed E-state index contributed by atoms with van der Waals surface area (Å²) in [5, 5.41) is 2.96. The quantitative estimate of drug-likeness (QED) is 0.844. The van der Waals surface area contributed by atoms with Crippen molar-refractivity contribution >= 4 is 5.91 Å². The molecule has 1 aliphatic carbocycles. The van der Waals surface area contributed by atoms with Crippen molar-refractivity contribution in [2.75, 3.05) is 19.6 Å². The Morgan fingerprint density at radius 2 is 1.83 bits per heavy atom. The minimum Gasteiger partial charge on any atom is -0.350 e. The topological polar surface area (TPSA) is 87.2 Å². The molecule has 0 spiro atoms. The molecule has 0 bridgehead atoms. The minimum absolute atomic E-state index is 0.00974. The second-order valence-corrected chi connectivity index (χ2v) is 7.07. The van der Waals surface area contributed by atoms with Crippen molar-refractivity contribution in [3.63, 3.8) is 0 Å². The molecule has 0 unspecified atom stereocenters. The maximum absolute atomic E-state index is 12.5. The van der Waals surface area contributed by atoms with Gasteiger partial charge in [0.2, 0.25) is 0 Å². The van der Waals surface area contributed by atoms with Crippen molar-refractivity contribution in [1.82, 2.24) is 19.8 Å². The van der Waals surface area contributed by atoms with Crippen LogP contribution in [-0.2, 0) is 7.05 Å². The monoisotopic (exact) mass is 334 g/mol. The molecule has 132 valence electrons. The fourth-order valence-electron chi connectivity index (χ4n) is 4.07. The summed E-state index contributed by atoms with van der Waals surface area (Å²) in [6, 6.07) is 0. The van der Waals surface area contributed by atoms with Crippen LogP contribution in [0.15, 0.2) is 15.8 Å². The zero-order chi connectivity index (χ0) is 17.2. The lowest BCUT2D eigenvalue weighted by Crippen LogP contribution is -2.56. The normalized spacial score (nSPS) is 20.9. The van der Waals surface area contributed by atoms with Crippen molar-refractivity contribution in [3.05, 3.63) is 32.6 Å². The number of aromatic nitrogens is 2. The van der Waals surface area contributed by atoms with Gasteiger partial charge in [0, 0.05) is 25.3 Å². The zero-order valence-corrected chi connectivity index (χ0v) is 14.3. The van der Waals surface area contributed by atoms with E-state index in [2.05, 4.69) is 15.2 Å². The second kappa shape index (κ2) is 6.93. The van der Waals surface area contributed by atoms with Crippen LogP contribution in [0.1, 0.15) is 55.3 Å². The van der Waals surface area contributed by atoms with Crippen molar-refractivity contribution in [1.29, 1.82) is 0 Å². The van der Waals surface area contributed by atoms with Crippen molar-refractivity contribution < 1.29 is 4.79 Å². The highest BCUT2D eigenvalue weighted by Gasteiger charge is 2.39. The van der Waals surface area contributed by atoms with Gasteiger partial charge in [-0.15, -0.1) is 0 Å². The molecule has 1 aromatic heterocycles. The van der Waals surface area contributed by atoms with Crippen molar-refractivity contribution in [3.8, 4) is 0 Å². The van der Waals surface area contributed by atoms with E-state index in [9.17, 15) is 14.4 Å². The Kier molecular flexibility index (Phi) is 4.89. The second-order valence-electron chi connectivity index (χ2n) is 7.07. The van der Waals surface area contributed by atoms with Gasteiger partial charge in [0.1, 0.15) is 5.56 Å². The van der Waals surface area contributed by atoms with Crippen molar-refractivity contribution in [2.45, 2.75) is 50.5 Å². The average Bonchev–Trinajstić information content (AvgIpc) is 3.12. The van der Waals surface area contributed by atoms with Crippen LogP contribution in [0.3, 0.4) is 0 Å². The van der Waals surface area contributed by atoms with E-state index in [1.54, 1.807) is 0 Å². The van der Waals surface area contributed by atoms with Crippen LogP contribution in [0.4, 0.5) is 0 Å². The van der Waals surface area contributed by atoms with Gasteiger partial charge in [0.05, 0.1) is 0 Å². The molecule has 1 aliphatic heterocycles. The summed E-state index contributed by atoms with van der Waals surface area (Å²) < 4.78 is 1.22. The van der Waals surface area contributed by atoms with Gasteiger partial charge in [0.15, 0.2) is 0 Å². The largest absolute Gasteiger partial charge is 0.350 e. The van der Waals surface area contributed by atoms with E-state index in [4.69, 9.17) is 0 Å². The average molecular weight is 334 g/mol. The highest BCUT2D eigenvalue weighted by molar-refractivity contribution is 5.93. The van der Waals surface area contributed by atoms with E-state index in [1.807, 2.05) is 0 Å². The number of carbonyl (C=O) groups is 1.